The number of hydrogen-bond donors (Lipinski definition) is 0. The standard InChI is InChI=1S/2C13H15N.C12H14N2O.2C9H13N.C8H12N2.CH4/c2*1-13(2,3)12-9-8-10-6-4-5-7-11(10)14-12;1-12(2,3)11-14-13-10(15-11)9-7-5-4-6-8-9;2*1-9(2,3)8-6-4-5-7-10-8;1-8(2,3)7-4-5-9-6-10-7;/h2*4-9H,1-3H3;4-8H,1-3H3;2*4-7H,1-3H3;4-6H,1-3H3;1H4. The molecule has 0 saturated carbocycles. The topological polar surface area (TPSA) is 116 Å². The van der Waals surface area contributed by atoms with E-state index < -0.39 is 0 Å². The summed E-state index contributed by atoms with van der Waals surface area (Å²) < 4.78 is 5.61. The summed E-state index contributed by atoms with van der Waals surface area (Å²) in [6.45, 7) is 38.6. The minimum atomic E-state index is -0.0972. The van der Waals surface area contributed by atoms with Crippen LogP contribution in [0.1, 0.15) is 166 Å². The van der Waals surface area contributed by atoms with E-state index >= 15 is 0 Å². The van der Waals surface area contributed by atoms with Gasteiger partial charge in [-0.2, -0.15) is 0 Å². The van der Waals surface area contributed by atoms with Gasteiger partial charge >= 0.3 is 0 Å². The number of benzene rings is 3. The van der Waals surface area contributed by atoms with Gasteiger partial charge < -0.3 is 4.42 Å². The Morgan fingerprint density at radius 3 is 1.04 bits per heavy atom. The first-order chi connectivity index (χ1) is 34.0. The molecule has 3 aromatic carbocycles. The Kier molecular flexibility index (Phi) is 22.2. The average Bonchev–Trinajstić information content (AvgIpc) is 3.87. The van der Waals surface area contributed by atoms with Crippen LogP contribution in [0, 0.1) is 0 Å². The molecule has 0 unspecified atom stereocenters. The van der Waals surface area contributed by atoms with Crippen molar-refractivity contribution in [3.63, 3.8) is 0 Å². The molecule has 6 heterocycles. The molecule has 0 aliphatic heterocycles. The number of aromatic nitrogens is 8. The van der Waals surface area contributed by atoms with Gasteiger partial charge in [0.2, 0.25) is 11.8 Å². The summed E-state index contributed by atoms with van der Waals surface area (Å²) in [5.41, 5.74) is 9.47. The van der Waals surface area contributed by atoms with Gasteiger partial charge in [-0.25, -0.2) is 9.97 Å². The van der Waals surface area contributed by atoms with Crippen LogP contribution in [0.3, 0.4) is 0 Å². The first kappa shape index (κ1) is 61.3. The van der Waals surface area contributed by atoms with Crippen molar-refractivity contribution in [2.75, 3.05) is 0 Å². The Bertz CT molecular complexity index is 2780. The van der Waals surface area contributed by atoms with E-state index in [9.17, 15) is 0 Å². The molecule has 74 heavy (non-hydrogen) atoms. The lowest BCUT2D eigenvalue weighted by Crippen LogP contribution is -2.13. The van der Waals surface area contributed by atoms with Gasteiger partial charge in [0, 0.05) is 95.9 Å². The highest BCUT2D eigenvalue weighted by molar-refractivity contribution is 5.79. The number of nitrogens with zero attached hydrogens (tertiary/aromatic N) is 8. The molecule has 0 aliphatic rings. The van der Waals surface area contributed by atoms with Crippen molar-refractivity contribution in [1.82, 2.24) is 40.1 Å². The SMILES string of the molecule is C.CC(C)(C)c1ccc2ccccc2n1.CC(C)(C)c1ccc2ccccc2n1.CC(C)(C)c1ccccn1.CC(C)(C)c1ccccn1.CC(C)(C)c1ccncn1.CC(C)(C)c1nnc(-c2ccccc2)o1. The van der Waals surface area contributed by atoms with Crippen LogP contribution < -0.4 is 0 Å². The van der Waals surface area contributed by atoms with E-state index in [2.05, 4.69) is 225 Å². The first-order valence-corrected chi connectivity index (χ1v) is 25.2. The van der Waals surface area contributed by atoms with Crippen molar-refractivity contribution in [2.24, 2.45) is 0 Å². The van der Waals surface area contributed by atoms with Crippen molar-refractivity contribution in [3.05, 3.63) is 205 Å². The molecule has 0 bridgehead atoms. The fourth-order valence-electron chi connectivity index (χ4n) is 6.54. The van der Waals surface area contributed by atoms with Crippen molar-refractivity contribution >= 4 is 21.8 Å². The van der Waals surface area contributed by atoms with E-state index in [1.165, 1.54) is 10.8 Å². The molecule has 0 N–H and O–H groups in total. The van der Waals surface area contributed by atoms with Gasteiger partial charge in [-0.05, 0) is 66.7 Å². The predicted octanol–water partition coefficient (Wildman–Crippen LogP) is 17.3. The van der Waals surface area contributed by atoms with Crippen molar-refractivity contribution in [3.8, 4) is 11.5 Å². The van der Waals surface area contributed by atoms with Gasteiger partial charge in [0.1, 0.15) is 6.33 Å². The minimum absolute atomic E-state index is 0. The number of rotatable bonds is 1. The monoisotopic (exact) mass is 995 g/mol. The predicted molar refractivity (Wildman–Crippen MR) is 313 cm³/mol. The molecule has 0 radical (unpaired) electrons. The highest BCUT2D eigenvalue weighted by Crippen LogP contribution is 2.27. The molecule has 0 saturated heterocycles. The van der Waals surface area contributed by atoms with Gasteiger partial charge in [-0.15, -0.1) is 10.2 Å². The second-order valence-corrected chi connectivity index (χ2v) is 24.1. The zero-order valence-corrected chi connectivity index (χ0v) is 47.2. The summed E-state index contributed by atoms with van der Waals surface area (Å²) in [5, 5.41) is 10.5. The fourth-order valence-corrected chi connectivity index (χ4v) is 6.54. The number of hydrogen-bond acceptors (Lipinski definition) is 9. The van der Waals surface area contributed by atoms with Crippen LogP contribution in [0.2, 0.25) is 0 Å². The number of fused-ring (bicyclic) bond motifs is 2. The number of pyridine rings is 4. The lowest BCUT2D eigenvalue weighted by atomic mass is 9.91. The molecule has 9 aromatic rings. The molecule has 0 aliphatic carbocycles. The second-order valence-electron chi connectivity index (χ2n) is 24.1. The van der Waals surface area contributed by atoms with Crippen LogP contribution in [-0.4, -0.2) is 40.1 Å². The highest BCUT2D eigenvalue weighted by Gasteiger charge is 2.22. The largest absolute Gasteiger partial charge is 0.420 e. The third-order valence-electron chi connectivity index (χ3n) is 11.0. The third-order valence-corrected chi connectivity index (χ3v) is 11.0. The van der Waals surface area contributed by atoms with E-state index in [1.54, 1.807) is 12.5 Å². The normalized spacial score (nSPS) is 11.5. The Morgan fingerprint density at radius 1 is 0.324 bits per heavy atom. The zero-order valence-electron chi connectivity index (χ0n) is 47.2. The second kappa shape index (κ2) is 26.8. The summed E-state index contributed by atoms with van der Waals surface area (Å²) in [6, 6.07) is 48.7. The molecule has 9 nitrogen and oxygen atoms in total. The third kappa shape index (κ3) is 20.5. The van der Waals surface area contributed by atoms with Crippen LogP contribution in [0.15, 0.2) is 175 Å². The molecular weight excluding hydrogens is 909 g/mol. The lowest BCUT2D eigenvalue weighted by Gasteiger charge is -2.17. The first-order valence-electron chi connectivity index (χ1n) is 25.2. The molecule has 0 fully saturated rings. The van der Waals surface area contributed by atoms with E-state index in [4.69, 9.17) is 4.42 Å². The number of para-hydroxylation sites is 2. The van der Waals surface area contributed by atoms with E-state index in [1.807, 2.05) is 97.3 Å². The fraction of sp³-hybridized carbons (Fsp3) is 0.385. The van der Waals surface area contributed by atoms with Gasteiger partial charge in [-0.1, -0.05) is 211 Å². The van der Waals surface area contributed by atoms with E-state index in [0.29, 0.717) is 11.8 Å². The highest BCUT2D eigenvalue weighted by atomic mass is 16.4. The summed E-state index contributed by atoms with van der Waals surface area (Å²) in [4.78, 5) is 25.8. The smallest absolute Gasteiger partial charge is 0.247 e. The molecule has 6 aromatic heterocycles. The summed E-state index contributed by atoms with van der Waals surface area (Å²) >= 11 is 0. The van der Waals surface area contributed by atoms with Crippen molar-refractivity contribution < 1.29 is 4.42 Å². The molecule has 392 valence electrons. The van der Waals surface area contributed by atoms with Gasteiger partial charge in [0.05, 0.1) is 11.0 Å². The van der Waals surface area contributed by atoms with Crippen LogP contribution >= 0.6 is 0 Å². The van der Waals surface area contributed by atoms with Gasteiger partial charge in [-0.3, -0.25) is 19.9 Å². The maximum Gasteiger partial charge on any atom is 0.247 e. The Morgan fingerprint density at radius 2 is 0.716 bits per heavy atom. The molecule has 9 heteroatoms. The minimum Gasteiger partial charge on any atom is -0.420 e. The Labute approximate surface area is 445 Å². The summed E-state index contributed by atoms with van der Waals surface area (Å²) in [5.74, 6) is 1.25. The Balaban J connectivity index is 0.000000236. The van der Waals surface area contributed by atoms with E-state index in [0.717, 1.165) is 45.1 Å². The van der Waals surface area contributed by atoms with E-state index in [-0.39, 0.29) is 39.9 Å². The quantitative estimate of drug-likeness (QED) is 0.158. The van der Waals surface area contributed by atoms with Crippen molar-refractivity contribution in [2.45, 2.75) is 165 Å². The maximum absolute atomic E-state index is 5.61. The molecule has 0 amide bonds. The van der Waals surface area contributed by atoms with Crippen LogP contribution in [-0.2, 0) is 32.5 Å². The average molecular weight is 995 g/mol. The van der Waals surface area contributed by atoms with Crippen LogP contribution in [0.5, 0.6) is 0 Å². The van der Waals surface area contributed by atoms with Gasteiger partial charge in [0.25, 0.3) is 0 Å². The van der Waals surface area contributed by atoms with Gasteiger partial charge in [0.15, 0.2) is 0 Å². The van der Waals surface area contributed by atoms with Crippen molar-refractivity contribution in [1.29, 1.82) is 0 Å². The molecular formula is C65H86N8O. The molecule has 0 atom stereocenters. The molecule has 9 rings (SSSR count). The maximum atomic E-state index is 5.61. The summed E-state index contributed by atoms with van der Waals surface area (Å²) in [6.07, 6.45) is 7.02. The van der Waals surface area contributed by atoms with Crippen LogP contribution in [0.25, 0.3) is 33.3 Å². The molecule has 0 spiro atoms. The zero-order chi connectivity index (χ0) is 54.1. The summed E-state index contributed by atoms with van der Waals surface area (Å²) in [7, 11) is 0. The Hall–Kier alpha value is -7.00. The van der Waals surface area contributed by atoms with Crippen LogP contribution in [0.4, 0.5) is 0 Å². The lowest BCUT2D eigenvalue weighted by molar-refractivity contribution is 0.399.